The van der Waals surface area contributed by atoms with Gasteiger partial charge in [0.1, 0.15) is 0 Å². The van der Waals surface area contributed by atoms with E-state index in [0.717, 1.165) is 28.1 Å². The molecule has 3 heterocycles. The average molecular weight is 756 g/mol. The molecule has 12 rings (SSSR count). The summed E-state index contributed by atoms with van der Waals surface area (Å²) in [7, 11) is 0. The van der Waals surface area contributed by atoms with Crippen LogP contribution < -0.4 is 0 Å². The number of benzene rings is 8. The van der Waals surface area contributed by atoms with Crippen LogP contribution >= 0.6 is 0 Å². The van der Waals surface area contributed by atoms with Crippen LogP contribution in [0.2, 0.25) is 0 Å². The van der Waals surface area contributed by atoms with Crippen molar-refractivity contribution in [3.8, 4) is 56.7 Å². The van der Waals surface area contributed by atoms with E-state index in [1.165, 1.54) is 65.7 Å². The molecule has 0 amide bonds. The van der Waals surface area contributed by atoms with Gasteiger partial charge in [-0.2, -0.15) is 0 Å². The first-order valence-corrected chi connectivity index (χ1v) is 20.2. The van der Waals surface area contributed by atoms with Gasteiger partial charge in [-0.25, -0.2) is 15.0 Å². The molecule has 0 N–H and O–H groups in total. The summed E-state index contributed by atoms with van der Waals surface area (Å²) in [6.07, 6.45) is 2.19. The molecular weight excluding hydrogens is 719 g/mol. The van der Waals surface area contributed by atoms with Gasteiger partial charge in [0, 0.05) is 55.8 Å². The highest BCUT2D eigenvalue weighted by Crippen LogP contribution is 2.51. The van der Waals surface area contributed by atoms with Crippen molar-refractivity contribution in [2.75, 3.05) is 0 Å². The topological polar surface area (TPSA) is 48.5 Å². The molecular formula is C54H37N5. The minimum atomic E-state index is -0.267. The van der Waals surface area contributed by atoms with E-state index in [1.807, 2.05) is 36.4 Å². The number of hydrogen-bond acceptors (Lipinski definition) is 3. The summed E-state index contributed by atoms with van der Waals surface area (Å²) in [6.45, 7) is 4.69. The number of para-hydroxylation sites is 2. The molecule has 0 unspecified atom stereocenters. The molecule has 0 saturated heterocycles. The lowest BCUT2D eigenvalue weighted by molar-refractivity contribution is 0.660. The summed E-state index contributed by atoms with van der Waals surface area (Å²) < 4.78 is 4.73. The fourth-order valence-corrected chi connectivity index (χ4v) is 9.45. The van der Waals surface area contributed by atoms with E-state index in [1.54, 1.807) is 0 Å². The molecule has 278 valence electrons. The van der Waals surface area contributed by atoms with Crippen molar-refractivity contribution in [2.45, 2.75) is 19.3 Å². The molecule has 0 aliphatic heterocycles. The first-order valence-electron chi connectivity index (χ1n) is 20.2. The molecule has 0 radical (unpaired) electrons. The molecule has 0 spiro atoms. The number of fused-ring (bicyclic) bond motifs is 9. The zero-order valence-electron chi connectivity index (χ0n) is 32.6. The van der Waals surface area contributed by atoms with Crippen LogP contribution in [-0.4, -0.2) is 24.1 Å². The van der Waals surface area contributed by atoms with Crippen LogP contribution in [0.3, 0.4) is 0 Å². The van der Waals surface area contributed by atoms with E-state index in [9.17, 15) is 0 Å². The Morgan fingerprint density at radius 2 is 0.983 bits per heavy atom. The SMILES string of the molecule is CC1(C)c2cc(-c3nc(-c4ccccc4)nc(-c4ccccc4)n3)ccc2-c2ccc(-n3c4ccccc4c4cc5c(ccc6c5ccn6-c5ccccc5)cc43)cc21. The molecule has 0 bridgehead atoms. The Morgan fingerprint density at radius 3 is 1.69 bits per heavy atom. The van der Waals surface area contributed by atoms with Crippen molar-refractivity contribution < 1.29 is 0 Å². The van der Waals surface area contributed by atoms with Crippen LogP contribution in [0.25, 0.3) is 100 Å². The van der Waals surface area contributed by atoms with E-state index < -0.39 is 0 Å². The Hall–Kier alpha value is -7.63. The Morgan fingerprint density at radius 1 is 0.390 bits per heavy atom. The normalized spacial score (nSPS) is 13.1. The van der Waals surface area contributed by atoms with Crippen molar-refractivity contribution in [3.63, 3.8) is 0 Å². The third kappa shape index (κ3) is 5.14. The standard InChI is InChI=1S/C54H37N5/c1-54(2)46-30-37(53-56-51(34-14-6-3-7-15-34)55-52(57-53)35-16-8-4-9-17-35)22-25-40(46)41-26-24-39(32-47(41)54)59-49-21-13-12-20-42(49)45-33-44-36(31-50(45)59)23-27-48-43(44)28-29-58(48)38-18-10-5-11-19-38/h3-33H,1-2H3. The summed E-state index contributed by atoms with van der Waals surface area (Å²) in [4.78, 5) is 15.0. The molecule has 1 aliphatic carbocycles. The van der Waals surface area contributed by atoms with Gasteiger partial charge in [-0.1, -0.05) is 135 Å². The maximum atomic E-state index is 5.05. The Labute approximate surface area is 341 Å². The Kier molecular flexibility index (Phi) is 7.20. The highest BCUT2D eigenvalue weighted by molar-refractivity contribution is 6.18. The van der Waals surface area contributed by atoms with Gasteiger partial charge >= 0.3 is 0 Å². The monoisotopic (exact) mass is 755 g/mol. The van der Waals surface area contributed by atoms with Gasteiger partial charge in [0.25, 0.3) is 0 Å². The van der Waals surface area contributed by atoms with Crippen LogP contribution in [0.1, 0.15) is 25.0 Å². The van der Waals surface area contributed by atoms with Gasteiger partial charge in [-0.15, -0.1) is 0 Å². The number of aromatic nitrogens is 5. The van der Waals surface area contributed by atoms with E-state index in [4.69, 9.17) is 15.0 Å². The lowest BCUT2D eigenvalue weighted by Gasteiger charge is -2.23. The summed E-state index contributed by atoms with van der Waals surface area (Å²) in [6, 6.07) is 65.0. The molecule has 59 heavy (non-hydrogen) atoms. The van der Waals surface area contributed by atoms with E-state index >= 15 is 0 Å². The van der Waals surface area contributed by atoms with Gasteiger partial charge in [-0.3, -0.25) is 0 Å². The molecule has 0 saturated carbocycles. The van der Waals surface area contributed by atoms with E-state index in [2.05, 4.69) is 175 Å². The lowest BCUT2D eigenvalue weighted by atomic mass is 9.82. The molecule has 0 atom stereocenters. The van der Waals surface area contributed by atoms with Gasteiger partial charge < -0.3 is 9.13 Å². The fraction of sp³-hybridized carbons (Fsp3) is 0.0556. The zero-order valence-corrected chi connectivity index (χ0v) is 32.6. The second-order valence-corrected chi connectivity index (χ2v) is 16.1. The summed E-state index contributed by atoms with van der Waals surface area (Å²) in [5, 5.41) is 6.25. The molecule has 5 heteroatoms. The van der Waals surface area contributed by atoms with Crippen LogP contribution in [0.15, 0.2) is 188 Å². The largest absolute Gasteiger partial charge is 0.317 e. The second-order valence-electron chi connectivity index (χ2n) is 16.1. The predicted molar refractivity (Wildman–Crippen MR) is 242 cm³/mol. The third-order valence-electron chi connectivity index (χ3n) is 12.4. The molecule has 0 fully saturated rings. The van der Waals surface area contributed by atoms with Crippen molar-refractivity contribution in [1.82, 2.24) is 24.1 Å². The highest BCUT2D eigenvalue weighted by atomic mass is 15.0. The smallest absolute Gasteiger partial charge is 0.164 e. The Bertz CT molecular complexity index is 3390. The van der Waals surface area contributed by atoms with Crippen molar-refractivity contribution in [1.29, 1.82) is 0 Å². The van der Waals surface area contributed by atoms with Crippen LogP contribution in [0.4, 0.5) is 0 Å². The molecule has 1 aliphatic rings. The van der Waals surface area contributed by atoms with E-state index in [0.29, 0.717) is 17.5 Å². The van der Waals surface area contributed by atoms with Gasteiger partial charge in [0.05, 0.1) is 16.6 Å². The summed E-state index contributed by atoms with van der Waals surface area (Å²) in [5.74, 6) is 1.99. The van der Waals surface area contributed by atoms with Crippen molar-refractivity contribution in [3.05, 3.63) is 199 Å². The third-order valence-corrected chi connectivity index (χ3v) is 12.4. The molecule has 3 aromatic heterocycles. The maximum Gasteiger partial charge on any atom is 0.164 e. The lowest BCUT2D eigenvalue weighted by Crippen LogP contribution is -2.15. The number of hydrogen-bond donors (Lipinski definition) is 0. The van der Waals surface area contributed by atoms with Crippen LogP contribution in [-0.2, 0) is 5.41 Å². The summed E-state index contributed by atoms with van der Waals surface area (Å²) >= 11 is 0. The van der Waals surface area contributed by atoms with Crippen molar-refractivity contribution >= 4 is 43.5 Å². The first-order chi connectivity index (χ1) is 29.0. The van der Waals surface area contributed by atoms with Gasteiger partial charge in [0.15, 0.2) is 17.5 Å². The second kappa shape index (κ2) is 12.7. The minimum absolute atomic E-state index is 0.267. The number of nitrogens with zero attached hydrogens (tertiary/aromatic N) is 5. The maximum absolute atomic E-state index is 5.05. The zero-order chi connectivity index (χ0) is 39.2. The van der Waals surface area contributed by atoms with Crippen molar-refractivity contribution in [2.24, 2.45) is 0 Å². The molecule has 5 nitrogen and oxygen atoms in total. The highest BCUT2D eigenvalue weighted by Gasteiger charge is 2.36. The fourth-order valence-electron chi connectivity index (χ4n) is 9.45. The quantitative estimate of drug-likeness (QED) is 0.176. The first kappa shape index (κ1) is 33.5. The Balaban J connectivity index is 0.982. The van der Waals surface area contributed by atoms with E-state index in [-0.39, 0.29) is 5.41 Å². The van der Waals surface area contributed by atoms with Crippen LogP contribution in [0, 0.1) is 0 Å². The van der Waals surface area contributed by atoms with Crippen LogP contribution in [0.5, 0.6) is 0 Å². The summed E-state index contributed by atoms with van der Waals surface area (Å²) in [5.41, 5.74) is 13.7. The minimum Gasteiger partial charge on any atom is -0.317 e. The molecule has 11 aromatic rings. The predicted octanol–water partition coefficient (Wildman–Crippen LogP) is 13.4. The van der Waals surface area contributed by atoms with Gasteiger partial charge in [-0.05, 0) is 93.7 Å². The number of rotatable bonds is 5. The van der Waals surface area contributed by atoms with Gasteiger partial charge in [0.2, 0.25) is 0 Å². The average Bonchev–Trinajstić information content (AvgIpc) is 3.94. The molecule has 8 aromatic carbocycles.